The van der Waals surface area contributed by atoms with Crippen LogP contribution in [-0.2, 0) is 6.54 Å². The minimum atomic E-state index is -0.494. The number of H-pyrrole nitrogens is 1. The molecule has 1 N–H and O–H groups in total. The molecule has 9 heteroatoms. The van der Waals surface area contributed by atoms with Crippen LogP contribution in [0.3, 0.4) is 0 Å². The largest absolute Gasteiger partial charge is 0.454 e. The Hall–Kier alpha value is -3.85. The maximum absolute atomic E-state index is 14.8. The number of hydrogen-bond acceptors (Lipinski definition) is 6. The molecule has 178 valence electrons. The first kappa shape index (κ1) is 21.7. The third-order valence-electron chi connectivity index (χ3n) is 6.61. The lowest BCUT2D eigenvalue weighted by atomic mass is 9.97. The molecular formula is C26H26FN7O. The molecule has 8 nitrogen and oxygen atoms in total. The van der Waals surface area contributed by atoms with Crippen molar-refractivity contribution < 1.29 is 9.13 Å². The van der Waals surface area contributed by atoms with Crippen LogP contribution in [0.1, 0.15) is 18.7 Å². The number of piperidine rings is 1. The quantitative estimate of drug-likeness (QED) is 0.390. The zero-order chi connectivity index (χ0) is 23.9. The second-order valence-corrected chi connectivity index (χ2v) is 9.33. The lowest BCUT2D eigenvalue weighted by Gasteiger charge is -2.28. The number of benzene rings is 2. The Kier molecular flexibility index (Phi) is 5.41. The highest BCUT2D eigenvalue weighted by molar-refractivity contribution is 5.79. The van der Waals surface area contributed by atoms with Gasteiger partial charge in [0.2, 0.25) is 0 Å². The molecule has 0 spiro atoms. The number of aryl methyl sites for hydroxylation is 1. The second-order valence-electron chi connectivity index (χ2n) is 9.33. The summed E-state index contributed by atoms with van der Waals surface area (Å²) in [6.07, 6.45) is 7.85. The van der Waals surface area contributed by atoms with E-state index in [0.717, 1.165) is 42.1 Å². The van der Waals surface area contributed by atoms with E-state index in [1.165, 1.54) is 18.9 Å². The van der Waals surface area contributed by atoms with Gasteiger partial charge in [-0.15, -0.1) is 0 Å². The van der Waals surface area contributed by atoms with Gasteiger partial charge in [0.15, 0.2) is 11.6 Å². The number of aromatic amines is 1. The molecule has 0 radical (unpaired) electrons. The number of likely N-dealkylation sites (tertiary alicyclic amines) is 1. The van der Waals surface area contributed by atoms with Gasteiger partial charge in [0.05, 0.1) is 40.2 Å². The zero-order valence-corrected chi connectivity index (χ0v) is 19.7. The summed E-state index contributed by atoms with van der Waals surface area (Å²) in [5.74, 6) is 1.56. The smallest absolute Gasteiger partial charge is 0.168 e. The van der Waals surface area contributed by atoms with Gasteiger partial charge in [0.1, 0.15) is 11.6 Å². The summed E-state index contributed by atoms with van der Waals surface area (Å²) in [7, 11) is 2.17. The Bertz CT molecular complexity index is 1520. The van der Waals surface area contributed by atoms with Crippen LogP contribution in [-0.4, -0.2) is 54.8 Å². The number of ether oxygens (including phenoxy) is 1. The summed E-state index contributed by atoms with van der Waals surface area (Å²) in [6.45, 7) is 5.05. The number of aromatic nitrogens is 6. The highest BCUT2D eigenvalue weighted by Gasteiger charge is 2.18. The van der Waals surface area contributed by atoms with E-state index < -0.39 is 5.82 Å². The number of halogens is 1. The molecule has 3 aromatic heterocycles. The second kappa shape index (κ2) is 8.74. The molecule has 1 fully saturated rings. The number of rotatable bonds is 5. The van der Waals surface area contributed by atoms with Gasteiger partial charge in [-0.1, -0.05) is 0 Å². The van der Waals surface area contributed by atoms with Gasteiger partial charge < -0.3 is 14.6 Å². The number of fused-ring (bicyclic) bond motifs is 2. The molecule has 0 saturated carbocycles. The maximum Gasteiger partial charge on any atom is 0.168 e. The molecule has 6 rings (SSSR count). The third kappa shape index (κ3) is 4.46. The molecule has 4 heterocycles. The third-order valence-corrected chi connectivity index (χ3v) is 6.61. The normalized spacial score (nSPS) is 15.3. The molecule has 0 amide bonds. The van der Waals surface area contributed by atoms with E-state index in [0.29, 0.717) is 28.4 Å². The zero-order valence-electron chi connectivity index (χ0n) is 19.7. The standard InChI is InChI=1S/C26H26FN7O/c1-16-30-21-4-3-19(9-23(21)31-16)35-26-11-24-22(10-20(26)27)28-13-25(32-24)18-12-29-34(15-18)14-17-5-7-33(2)8-6-17/h3-4,9-13,15,17H,5-8,14H2,1-2H3,(H,30,31). The molecule has 1 aliphatic rings. The van der Waals surface area contributed by atoms with Crippen LogP contribution < -0.4 is 4.74 Å². The molecule has 1 saturated heterocycles. The summed E-state index contributed by atoms with van der Waals surface area (Å²) in [6, 6.07) is 8.36. The number of nitrogens with one attached hydrogen (secondary N) is 1. The molecule has 0 aliphatic carbocycles. The molecule has 5 aromatic rings. The van der Waals surface area contributed by atoms with Crippen molar-refractivity contribution in [3.63, 3.8) is 0 Å². The van der Waals surface area contributed by atoms with Crippen molar-refractivity contribution in [2.75, 3.05) is 20.1 Å². The highest BCUT2D eigenvalue weighted by atomic mass is 19.1. The summed E-state index contributed by atoms with van der Waals surface area (Å²) in [5, 5.41) is 4.54. The van der Waals surface area contributed by atoms with Crippen molar-refractivity contribution in [3.05, 3.63) is 60.6 Å². The van der Waals surface area contributed by atoms with Crippen LogP contribution >= 0.6 is 0 Å². The lowest BCUT2D eigenvalue weighted by molar-refractivity contribution is 0.201. The molecule has 1 aliphatic heterocycles. The van der Waals surface area contributed by atoms with Gasteiger partial charge in [-0.05, 0) is 58.0 Å². The highest BCUT2D eigenvalue weighted by Crippen LogP contribution is 2.30. The van der Waals surface area contributed by atoms with Crippen LogP contribution in [0.5, 0.6) is 11.5 Å². The Morgan fingerprint density at radius 1 is 1.06 bits per heavy atom. The fraction of sp³-hybridized carbons (Fsp3) is 0.308. The van der Waals surface area contributed by atoms with E-state index in [9.17, 15) is 4.39 Å². The van der Waals surface area contributed by atoms with E-state index >= 15 is 0 Å². The SMILES string of the molecule is Cc1nc2ccc(Oc3cc4nc(-c5cnn(CC6CCN(C)CC6)c5)cnc4cc3F)cc2[nH]1. The first-order chi connectivity index (χ1) is 17.0. The van der Waals surface area contributed by atoms with Gasteiger partial charge in [0.25, 0.3) is 0 Å². The number of hydrogen-bond donors (Lipinski definition) is 1. The van der Waals surface area contributed by atoms with Crippen LogP contribution in [0.2, 0.25) is 0 Å². The average Bonchev–Trinajstić information content (AvgIpc) is 3.46. The van der Waals surface area contributed by atoms with Gasteiger partial charge in [-0.3, -0.25) is 9.67 Å². The molecule has 0 bridgehead atoms. The van der Waals surface area contributed by atoms with Crippen molar-refractivity contribution >= 4 is 22.1 Å². The molecule has 35 heavy (non-hydrogen) atoms. The number of imidazole rings is 1. The van der Waals surface area contributed by atoms with Crippen molar-refractivity contribution in [2.45, 2.75) is 26.3 Å². The molecule has 0 atom stereocenters. The fourth-order valence-electron chi connectivity index (χ4n) is 4.64. The van der Waals surface area contributed by atoms with Crippen molar-refractivity contribution in [2.24, 2.45) is 5.92 Å². The van der Waals surface area contributed by atoms with Crippen LogP contribution in [0.15, 0.2) is 48.9 Å². The van der Waals surface area contributed by atoms with E-state index in [1.807, 2.05) is 30.1 Å². The van der Waals surface area contributed by atoms with Crippen molar-refractivity contribution in [1.29, 1.82) is 0 Å². The van der Waals surface area contributed by atoms with Crippen LogP contribution in [0.4, 0.5) is 4.39 Å². The van der Waals surface area contributed by atoms with Gasteiger partial charge >= 0.3 is 0 Å². The molecule has 2 aromatic carbocycles. The lowest BCUT2D eigenvalue weighted by Crippen LogP contribution is -2.31. The topological polar surface area (TPSA) is 84.8 Å². The predicted octanol–water partition coefficient (Wildman–Crippen LogP) is 4.95. The fourth-order valence-corrected chi connectivity index (χ4v) is 4.64. The van der Waals surface area contributed by atoms with Gasteiger partial charge in [-0.25, -0.2) is 14.4 Å². The van der Waals surface area contributed by atoms with E-state index in [-0.39, 0.29) is 5.75 Å². The maximum atomic E-state index is 14.8. The summed E-state index contributed by atoms with van der Waals surface area (Å²) < 4.78 is 22.6. The average molecular weight is 472 g/mol. The first-order valence-electron chi connectivity index (χ1n) is 11.8. The number of nitrogens with zero attached hydrogens (tertiary/aromatic N) is 6. The predicted molar refractivity (Wildman–Crippen MR) is 132 cm³/mol. The minimum Gasteiger partial charge on any atom is -0.454 e. The van der Waals surface area contributed by atoms with Crippen molar-refractivity contribution in [1.82, 2.24) is 34.6 Å². The Labute approximate surface area is 201 Å². The van der Waals surface area contributed by atoms with Crippen molar-refractivity contribution in [3.8, 4) is 22.8 Å². The Balaban J connectivity index is 1.25. The molecule has 0 unspecified atom stereocenters. The van der Waals surface area contributed by atoms with Crippen LogP contribution in [0, 0.1) is 18.7 Å². The van der Waals surface area contributed by atoms with E-state index in [4.69, 9.17) is 9.72 Å². The van der Waals surface area contributed by atoms with Gasteiger partial charge in [-0.2, -0.15) is 5.10 Å². The van der Waals surface area contributed by atoms with Gasteiger partial charge in [0, 0.05) is 36.5 Å². The van der Waals surface area contributed by atoms with Crippen LogP contribution in [0.25, 0.3) is 33.3 Å². The summed E-state index contributed by atoms with van der Waals surface area (Å²) in [4.78, 5) is 19.1. The molecular weight excluding hydrogens is 445 g/mol. The Morgan fingerprint density at radius 3 is 2.77 bits per heavy atom. The van der Waals surface area contributed by atoms with E-state index in [2.05, 4.69) is 32.0 Å². The monoisotopic (exact) mass is 471 g/mol. The minimum absolute atomic E-state index is 0.0949. The van der Waals surface area contributed by atoms with E-state index in [1.54, 1.807) is 24.4 Å². The summed E-state index contributed by atoms with van der Waals surface area (Å²) >= 11 is 0. The Morgan fingerprint density at radius 2 is 1.91 bits per heavy atom. The first-order valence-corrected chi connectivity index (χ1v) is 11.8. The summed E-state index contributed by atoms with van der Waals surface area (Å²) in [5.41, 5.74) is 4.27.